The Morgan fingerprint density at radius 1 is 1.29 bits per heavy atom. The van der Waals surface area contributed by atoms with E-state index >= 15 is 0 Å². The van der Waals surface area contributed by atoms with Crippen molar-refractivity contribution in [2.24, 2.45) is 0 Å². The molecule has 1 N–H and O–H groups in total. The number of carbonyl (C=O) groups is 1. The number of ketones is 1. The number of aromatic nitrogens is 2. The third-order valence-electron chi connectivity index (χ3n) is 3.35. The molecule has 3 rings (SSSR count). The summed E-state index contributed by atoms with van der Waals surface area (Å²) in [6, 6.07) is 9.12. The number of Topliss-reactive ketones (excluding diaryl/α,β-unsaturated/α-hetero) is 1. The molecule has 0 saturated carbocycles. The van der Waals surface area contributed by atoms with Gasteiger partial charge in [-0.2, -0.15) is 0 Å². The SMILES string of the molecule is COc1ccc(CC(=O)c2c[nH]c3nccc(Cl)c23)cc1. The molecule has 0 aliphatic carbocycles. The number of pyridine rings is 1. The van der Waals surface area contributed by atoms with Crippen LogP contribution in [0.2, 0.25) is 5.02 Å². The Hall–Kier alpha value is -2.33. The lowest BCUT2D eigenvalue weighted by Gasteiger charge is -2.03. The Labute approximate surface area is 126 Å². The minimum Gasteiger partial charge on any atom is -0.497 e. The van der Waals surface area contributed by atoms with Crippen molar-refractivity contribution in [1.29, 1.82) is 0 Å². The molecule has 0 spiro atoms. The summed E-state index contributed by atoms with van der Waals surface area (Å²) in [5.41, 5.74) is 2.12. The molecule has 0 saturated heterocycles. The predicted octanol–water partition coefficient (Wildman–Crippen LogP) is 3.65. The van der Waals surface area contributed by atoms with Gasteiger partial charge < -0.3 is 9.72 Å². The monoisotopic (exact) mass is 300 g/mol. The van der Waals surface area contributed by atoms with Crippen molar-refractivity contribution in [3.63, 3.8) is 0 Å². The Morgan fingerprint density at radius 2 is 2.05 bits per heavy atom. The molecule has 2 heterocycles. The van der Waals surface area contributed by atoms with Crippen LogP contribution < -0.4 is 4.74 Å². The quantitative estimate of drug-likeness (QED) is 0.748. The number of nitrogens with zero attached hydrogens (tertiary/aromatic N) is 1. The largest absolute Gasteiger partial charge is 0.497 e. The number of ether oxygens (including phenoxy) is 1. The smallest absolute Gasteiger partial charge is 0.169 e. The normalized spacial score (nSPS) is 10.8. The van der Waals surface area contributed by atoms with Crippen LogP contribution in [0.25, 0.3) is 11.0 Å². The van der Waals surface area contributed by atoms with Crippen LogP contribution in [0, 0.1) is 0 Å². The van der Waals surface area contributed by atoms with Crippen LogP contribution in [0.1, 0.15) is 15.9 Å². The highest BCUT2D eigenvalue weighted by atomic mass is 35.5. The summed E-state index contributed by atoms with van der Waals surface area (Å²) in [6.45, 7) is 0. The molecular formula is C16H13ClN2O2. The van der Waals surface area contributed by atoms with Crippen molar-refractivity contribution in [3.05, 3.63) is 58.9 Å². The van der Waals surface area contributed by atoms with Gasteiger partial charge in [-0.1, -0.05) is 23.7 Å². The molecule has 1 aromatic carbocycles. The van der Waals surface area contributed by atoms with Gasteiger partial charge >= 0.3 is 0 Å². The minimum atomic E-state index is 0.00122. The van der Waals surface area contributed by atoms with E-state index < -0.39 is 0 Å². The number of methoxy groups -OCH3 is 1. The fraction of sp³-hybridized carbons (Fsp3) is 0.125. The number of carbonyl (C=O) groups excluding carboxylic acids is 1. The van der Waals surface area contributed by atoms with Gasteiger partial charge in [-0.15, -0.1) is 0 Å². The molecule has 0 fully saturated rings. The van der Waals surface area contributed by atoms with Crippen molar-refractivity contribution in [2.45, 2.75) is 6.42 Å². The van der Waals surface area contributed by atoms with E-state index in [1.165, 1.54) is 0 Å². The van der Waals surface area contributed by atoms with E-state index in [1.54, 1.807) is 25.6 Å². The number of halogens is 1. The van der Waals surface area contributed by atoms with E-state index in [1.807, 2.05) is 24.3 Å². The van der Waals surface area contributed by atoms with Crippen LogP contribution in [0.3, 0.4) is 0 Å². The highest BCUT2D eigenvalue weighted by Gasteiger charge is 2.15. The maximum absolute atomic E-state index is 12.5. The lowest BCUT2D eigenvalue weighted by molar-refractivity contribution is 0.0994. The lowest BCUT2D eigenvalue weighted by atomic mass is 10.0. The van der Waals surface area contributed by atoms with Crippen molar-refractivity contribution < 1.29 is 9.53 Å². The Bertz CT molecular complexity index is 794. The zero-order valence-corrected chi connectivity index (χ0v) is 12.1. The highest BCUT2D eigenvalue weighted by molar-refractivity contribution is 6.36. The topological polar surface area (TPSA) is 55.0 Å². The van der Waals surface area contributed by atoms with Crippen molar-refractivity contribution >= 4 is 28.4 Å². The molecule has 106 valence electrons. The average Bonchev–Trinajstić information content (AvgIpc) is 2.93. The molecule has 5 heteroatoms. The number of aromatic amines is 1. The Morgan fingerprint density at radius 3 is 2.76 bits per heavy atom. The van der Waals surface area contributed by atoms with Gasteiger partial charge in [0.1, 0.15) is 11.4 Å². The first-order valence-corrected chi connectivity index (χ1v) is 6.84. The number of fused-ring (bicyclic) bond motifs is 1. The summed E-state index contributed by atoms with van der Waals surface area (Å²) >= 11 is 6.16. The zero-order chi connectivity index (χ0) is 14.8. The van der Waals surface area contributed by atoms with Crippen LogP contribution in [0.4, 0.5) is 0 Å². The Kier molecular flexibility index (Phi) is 3.62. The number of hydrogen-bond donors (Lipinski definition) is 1. The third kappa shape index (κ3) is 2.62. The summed E-state index contributed by atoms with van der Waals surface area (Å²) < 4.78 is 5.10. The van der Waals surface area contributed by atoms with Crippen LogP contribution in [0.15, 0.2) is 42.7 Å². The molecule has 0 aliphatic heterocycles. The molecule has 21 heavy (non-hydrogen) atoms. The van der Waals surface area contributed by atoms with Crippen molar-refractivity contribution in [3.8, 4) is 5.75 Å². The van der Waals surface area contributed by atoms with Gasteiger partial charge in [0.15, 0.2) is 5.78 Å². The Balaban J connectivity index is 1.90. The van der Waals surface area contributed by atoms with Gasteiger partial charge in [-0.3, -0.25) is 4.79 Å². The van der Waals surface area contributed by atoms with Crippen LogP contribution in [-0.4, -0.2) is 22.9 Å². The molecule has 0 radical (unpaired) electrons. The van der Waals surface area contributed by atoms with Gasteiger partial charge in [0.05, 0.1) is 12.1 Å². The number of benzene rings is 1. The molecule has 0 unspecified atom stereocenters. The molecular weight excluding hydrogens is 288 g/mol. The fourth-order valence-corrected chi connectivity index (χ4v) is 2.51. The van der Waals surface area contributed by atoms with Gasteiger partial charge in [-0.05, 0) is 23.8 Å². The molecule has 0 atom stereocenters. The summed E-state index contributed by atoms with van der Waals surface area (Å²) in [7, 11) is 1.61. The minimum absolute atomic E-state index is 0.00122. The average molecular weight is 301 g/mol. The van der Waals surface area contributed by atoms with E-state index in [9.17, 15) is 4.79 Å². The summed E-state index contributed by atoms with van der Waals surface area (Å²) in [4.78, 5) is 19.6. The first-order valence-electron chi connectivity index (χ1n) is 6.47. The molecule has 2 aromatic heterocycles. The second-order valence-corrected chi connectivity index (χ2v) is 5.07. The predicted molar refractivity (Wildman–Crippen MR) is 82.1 cm³/mol. The second kappa shape index (κ2) is 5.58. The molecule has 3 aromatic rings. The standard InChI is InChI=1S/C16H13ClN2O2/c1-21-11-4-2-10(3-5-11)8-14(20)12-9-19-16-15(12)13(17)6-7-18-16/h2-7,9H,8H2,1H3,(H,18,19). The fourth-order valence-electron chi connectivity index (χ4n) is 2.26. The van der Waals surface area contributed by atoms with Gasteiger partial charge in [-0.25, -0.2) is 4.98 Å². The number of hydrogen-bond acceptors (Lipinski definition) is 3. The van der Waals surface area contributed by atoms with Gasteiger partial charge in [0, 0.05) is 29.8 Å². The van der Waals surface area contributed by atoms with E-state index in [2.05, 4.69) is 9.97 Å². The lowest BCUT2D eigenvalue weighted by Crippen LogP contribution is -2.03. The van der Waals surface area contributed by atoms with E-state index in [0.717, 1.165) is 11.3 Å². The first kappa shape index (κ1) is 13.6. The summed E-state index contributed by atoms with van der Waals surface area (Å²) in [5, 5.41) is 1.21. The van der Waals surface area contributed by atoms with E-state index in [4.69, 9.17) is 16.3 Å². The molecule has 4 nitrogen and oxygen atoms in total. The number of rotatable bonds is 4. The van der Waals surface area contributed by atoms with E-state index in [-0.39, 0.29) is 5.78 Å². The first-order chi connectivity index (χ1) is 10.2. The highest BCUT2D eigenvalue weighted by Crippen LogP contribution is 2.26. The summed E-state index contributed by atoms with van der Waals surface area (Å²) in [6.07, 6.45) is 3.58. The van der Waals surface area contributed by atoms with Gasteiger partial charge in [0.25, 0.3) is 0 Å². The number of H-pyrrole nitrogens is 1. The number of nitrogens with one attached hydrogen (secondary N) is 1. The van der Waals surface area contributed by atoms with Crippen LogP contribution in [-0.2, 0) is 6.42 Å². The van der Waals surface area contributed by atoms with Crippen LogP contribution in [0.5, 0.6) is 5.75 Å². The van der Waals surface area contributed by atoms with Crippen molar-refractivity contribution in [2.75, 3.05) is 7.11 Å². The van der Waals surface area contributed by atoms with Crippen molar-refractivity contribution in [1.82, 2.24) is 9.97 Å². The molecule has 0 aliphatic rings. The molecule has 0 bridgehead atoms. The third-order valence-corrected chi connectivity index (χ3v) is 3.66. The maximum Gasteiger partial charge on any atom is 0.169 e. The molecule has 0 amide bonds. The van der Waals surface area contributed by atoms with Crippen LogP contribution >= 0.6 is 11.6 Å². The van der Waals surface area contributed by atoms with E-state index in [0.29, 0.717) is 28.0 Å². The summed E-state index contributed by atoms with van der Waals surface area (Å²) in [5.74, 6) is 0.770. The second-order valence-electron chi connectivity index (χ2n) is 4.67. The maximum atomic E-state index is 12.5. The zero-order valence-electron chi connectivity index (χ0n) is 11.4. The van der Waals surface area contributed by atoms with Gasteiger partial charge in [0.2, 0.25) is 0 Å².